The van der Waals surface area contributed by atoms with Gasteiger partial charge in [0.05, 0.1) is 11.0 Å². The molecule has 7 nitrogen and oxygen atoms in total. The quantitative estimate of drug-likeness (QED) is 0.387. The van der Waals surface area contributed by atoms with Crippen molar-refractivity contribution in [2.45, 2.75) is 19.9 Å². The van der Waals surface area contributed by atoms with Crippen molar-refractivity contribution in [3.05, 3.63) is 92.5 Å². The summed E-state index contributed by atoms with van der Waals surface area (Å²) >= 11 is 0. The van der Waals surface area contributed by atoms with Crippen molar-refractivity contribution in [1.29, 1.82) is 0 Å². The van der Waals surface area contributed by atoms with Gasteiger partial charge < -0.3 is 4.42 Å². The molecule has 0 aliphatic heterocycles. The highest BCUT2D eigenvalue weighted by atomic mass is 16.6. The number of aromatic nitrogens is 2. The Balaban J connectivity index is 1.81. The summed E-state index contributed by atoms with van der Waals surface area (Å²) in [7, 11) is 0. The summed E-state index contributed by atoms with van der Waals surface area (Å²) in [6, 6.07) is 17.8. The lowest BCUT2D eigenvalue weighted by atomic mass is 10.00. The lowest BCUT2D eigenvalue weighted by Gasteiger charge is -2.13. The third kappa shape index (κ3) is 2.96. The molecule has 0 aliphatic rings. The summed E-state index contributed by atoms with van der Waals surface area (Å²) in [6.45, 7) is 3.65. The van der Waals surface area contributed by atoms with Crippen LogP contribution in [-0.4, -0.2) is 14.7 Å². The summed E-state index contributed by atoms with van der Waals surface area (Å²) in [4.78, 5) is 23.1. The number of hydrogen-bond donors (Lipinski definition) is 0. The van der Waals surface area contributed by atoms with Crippen LogP contribution < -0.4 is 5.76 Å². The van der Waals surface area contributed by atoms with Gasteiger partial charge in [-0.1, -0.05) is 48.5 Å². The molecule has 0 aliphatic carbocycles. The monoisotopic (exact) mass is 375 g/mol. The molecule has 140 valence electrons. The van der Waals surface area contributed by atoms with Crippen LogP contribution in [0.4, 0.5) is 5.69 Å². The number of nitro groups is 1. The van der Waals surface area contributed by atoms with Crippen molar-refractivity contribution in [1.82, 2.24) is 9.78 Å². The SMILES string of the molecule is Cc1ccc([N+](=O)[O-])cc1-c1nn(C(C)c2cccc3ccccc23)c(=O)o1. The lowest BCUT2D eigenvalue weighted by molar-refractivity contribution is -0.384. The van der Waals surface area contributed by atoms with Gasteiger partial charge in [-0.15, -0.1) is 5.10 Å². The second kappa shape index (κ2) is 6.77. The fourth-order valence-electron chi connectivity index (χ4n) is 3.34. The van der Waals surface area contributed by atoms with Gasteiger partial charge in [-0.2, -0.15) is 4.68 Å². The van der Waals surface area contributed by atoms with Gasteiger partial charge in [0.1, 0.15) is 0 Å². The fraction of sp³-hybridized carbons (Fsp3) is 0.143. The molecule has 0 amide bonds. The maximum Gasteiger partial charge on any atom is 0.437 e. The predicted molar refractivity (Wildman–Crippen MR) is 105 cm³/mol. The first kappa shape index (κ1) is 17.7. The van der Waals surface area contributed by atoms with Gasteiger partial charge >= 0.3 is 5.76 Å². The number of nitro benzene ring substituents is 1. The Labute approximate surface area is 160 Å². The van der Waals surface area contributed by atoms with E-state index in [0.29, 0.717) is 5.56 Å². The van der Waals surface area contributed by atoms with E-state index >= 15 is 0 Å². The minimum absolute atomic E-state index is 0.0679. The second-order valence-corrected chi connectivity index (χ2v) is 6.62. The van der Waals surface area contributed by atoms with Crippen molar-refractivity contribution >= 4 is 16.5 Å². The standard InChI is InChI=1S/C21H17N3O4/c1-13-10-11-16(24(26)27)12-19(13)20-22-23(21(25)28-20)14(2)17-9-5-7-15-6-3-4-8-18(15)17/h3-12,14H,1-2H3. The zero-order valence-electron chi connectivity index (χ0n) is 15.3. The van der Waals surface area contributed by atoms with Crippen molar-refractivity contribution in [3.63, 3.8) is 0 Å². The maximum atomic E-state index is 12.5. The van der Waals surface area contributed by atoms with E-state index in [1.165, 1.54) is 16.8 Å². The Bertz CT molecular complexity index is 1250. The fourth-order valence-corrected chi connectivity index (χ4v) is 3.34. The normalized spacial score (nSPS) is 12.2. The average Bonchev–Trinajstić information content (AvgIpc) is 3.08. The number of benzene rings is 3. The maximum absolute atomic E-state index is 12.5. The third-order valence-corrected chi connectivity index (χ3v) is 4.87. The highest BCUT2D eigenvalue weighted by Gasteiger charge is 2.20. The second-order valence-electron chi connectivity index (χ2n) is 6.62. The summed E-state index contributed by atoms with van der Waals surface area (Å²) in [5, 5.41) is 17.5. The van der Waals surface area contributed by atoms with E-state index < -0.39 is 10.7 Å². The van der Waals surface area contributed by atoms with Gasteiger partial charge in [0, 0.05) is 17.7 Å². The van der Waals surface area contributed by atoms with Gasteiger partial charge in [0.25, 0.3) is 5.69 Å². The van der Waals surface area contributed by atoms with Crippen molar-refractivity contribution in [2.24, 2.45) is 0 Å². The van der Waals surface area contributed by atoms with Crippen molar-refractivity contribution in [3.8, 4) is 11.5 Å². The van der Waals surface area contributed by atoms with E-state index in [4.69, 9.17) is 4.42 Å². The zero-order valence-corrected chi connectivity index (χ0v) is 15.3. The van der Waals surface area contributed by atoms with Crippen molar-refractivity contribution in [2.75, 3.05) is 0 Å². The van der Waals surface area contributed by atoms with Gasteiger partial charge in [0.15, 0.2) is 0 Å². The summed E-state index contributed by atoms with van der Waals surface area (Å²) in [5.74, 6) is -0.542. The Hall–Kier alpha value is -3.74. The molecule has 28 heavy (non-hydrogen) atoms. The highest BCUT2D eigenvalue weighted by Crippen LogP contribution is 2.28. The van der Waals surface area contributed by atoms with Crippen LogP contribution in [-0.2, 0) is 0 Å². The molecule has 3 aromatic carbocycles. The molecule has 1 heterocycles. The molecular weight excluding hydrogens is 358 g/mol. The molecule has 0 spiro atoms. The Morgan fingerprint density at radius 3 is 2.64 bits per heavy atom. The summed E-state index contributed by atoms with van der Waals surface area (Å²) in [6.07, 6.45) is 0. The topological polar surface area (TPSA) is 91.2 Å². The van der Waals surface area contributed by atoms with E-state index in [2.05, 4.69) is 5.10 Å². The lowest BCUT2D eigenvalue weighted by Crippen LogP contribution is -2.21. The van der Waals surface area contributed by atoms with Crippen LogP contribution in [0.2, 0.25) is 0 Å². The first-order valence-electron chi connectivity index (χ1n) is 8.78. The number of rotatable bonds is 4. The first-order chi connectivity index (χ1) is 13.5. The minimum Gasteiger partial charge on any atom is -0.388 e. The Kier molecular flexibility index (Phi) is 4.27. The number of hydrogen-bond acceptors (Lipinski definition) is 5. The number of aryl methyl sites for hydroxylation is 1. The Morgan fingerprint density at radius 2 is 1.86 bits per heavy atom. The van der Waals surface area contributed by atoms with Crippen LogP contribution in [0.25, 0.3) is 22.2 Å². The number of nitrogens with zero attached hydrogens (tertiary/aromatic N) is 3. The first-order valence-corrected chi connectivity index (χ1v) is 8.78. The molecule has 0 saturated carbocycles. The van der Waals surface area contributed by atoms with Crippen LogP contribution in [0.15, 0.2) is 69.9 Å². The van der Waals surface area contributed by atoms with Gasteiger partial charge in [-0.05, 0) is 35.7 Å². The van der Waals surface area contributed by atoms with Crippen LogP contribution in [0.3, 0.4) is 0 Å². The molecule has 1 unspecified atom stereocenters. The summed E-state index contributed by atoms with van der Waals surface area (Å²) in [5.41, 5.74) is 2.02. The molecule has 0 fully saturated rings. The third-order valence-electron chi connectivity index (χ3n) is 4.87. The van der Waals surface area contributed by atoms with Gasteiger partial charge in [-0.25, -0.2) is 4.79 Å². The van der Waals surface area contributed by atoms with Gasteiger partial charge in [0.2, 0.25) is 5.89 Å². The molecule has 4 aromatic rings. The Morgan fingerprint density at radius 1 is 1.11 bits per heavy atom. The smallest absolute Gasteiger partial charge is 0.388 e. The van der Waals surface area contributed by atoms with E-state index in [9.17, 15) is 14.9 Å². The number of fused-ring (bicyclic) bond motifs is 1. The largest absolute Gasteiger partial charge is 0.437 e. The molecule has 7 heteroatoms. The van der Waals surface area contributed by atoms with Crippen molar-refractivity contribution < 1.29 is 9.34 Å². The zero-order chi connectivity index (χ0) is 19.8. The molecule has 1 aromatic heterocycles. The number of non-ortho nitro benzene ring substituents is 1. The summed E-state index contributed by atoms with van der Waals surface area (Å²) < 4.78 is 6.62. The van der Waals surface area contributed by atoms with E-state index in [-0.39, 0.29) is 17.6 Å². The van der Waals surface area contributed by atoms with Crippen LogP contribution in [0.1, 0.15) is 24.1 Å². The highest BCUT2D eigenvalue weighted by molar-refractivity contribution is 5.86. The predicted octanol–water partition coefficient (Wildman–Crippen LogP) is 4.48. The van der Waals surface area contributed by atoms with E-state index in [0.717, 1.165) is 21.9 Å². The van der Waals surface area contributed by atoms with Crippen LogP contribution >= 0.6 is 0 Å². The molecule has 0 radical (unpaired) electrons. The van der Waals surface area contributed by atoms with Crippen LogP contribution in [0, 0.1) is 17.0 Å². The molecule has 0 saturated heterocycles. The average molecular weight is 375 g/mol. The minimum atomic E-state index is -0.610. The van der Waals surface area contributed by atoms with Crippen LogP contribution in [0.5, 0.6) is 0 Å². The molecule has 0 N–H and O–H groups in total. The molecule has 4 rings (SSSR count). The molecular formula is C21H17N3O4. The van der Waals surface area contributed by atoms with Gasteiger partial charge in [-0.3, -0.25) is 10.1 Å². The van der Waals surface area contributed by atoms with E-state index in [1.807, 2.05) is 49.4 Å². The molecule has 1 atom stereocenters. The molecule has 0 bridgehead atoms. The van der Waals surface area contributed by atoms with E-state index in [1.54, 1.807) is 13.0 Å².